The van der Waals surface area contributed by atoms with E-state index in [0.29, 0.717) is 5.95 Å². The molecule has 4 nitrogen and oxygen atoms in total. The third-order valence-electron chi connectivity index (χ3n) is 3.09. The summed E-state index contributed by atoms with van der Waals surface area (Å²) in [4.78, 5) is 12.0. The molecule has 3 N–H and O–H groups in total. The standard InChI is InChI=1S/C14H14N4.ClH/c1-8-11-9(2)17-14(15)18-13(11)12(16-8)10-6-4-3-5-7-10;/h3-7,16H,1-2H3,(H2,15,18);1H. The first-order valence-electron chi connectivity index (χ1n) is 5.84. The van der Waals surface area contributed by atoms with Crippen molar-refractivity contribution in [2.75, 3.05) is 5.73 Å². The molecule has 0 saturated heterocycles. The van der Waals surface area contributed by atoms with Gasteiger partial charge in [0.2, 0.25) is 5.95 Å². The van der Waals surface area contributed by atoms with Crippen LogP contribution >= 0.6 is 12.4 Å². The lowest BCUT2D eigenvalue weighted by molar-refractivity contribution is 1.17. The zero-order valence-corrected chi connectivity index (χ0v) is 11.6. The van der Waals surface area contributed by atoms with Crippen LogP contribution in [0, 0.1) is 13.8 Å². The predicted octanol–water partition coefficient (Wildman–Crippen LogP) is 3.25. The van der Waals surface area contributed by atoms with Crippen LogP contribution in [0.2, 0.25) is 0 Å². The average molecular weight is 275 g/mol. The fraction of sp³-hybridized carbons (Fsp3) is 0.143. The quantitative estimate of drug-likeness (QED) is 0.716. The molecule has 5 heteroatoms. The molecule has 2 heterocycles. The molecule has 0 aliphatic carbocycles. The first-order chi connectivity index (χ1) is 8.66. The fourth-order valence-electron chi connectivity index (χ4n) is 2.35. The van der Waals surface area contributed by atoms with E-state index in [1.165, 1.54) is 0 Å². The average Bonchev–Trinajstić information content (AvgIpc) is 2.67. The highest BCUT2D eigenvalue weighted by molar-refractivity contribution is 5.96. The molecule has 1 aromatic carbocycles. The van der Waals surface area contributed by atoms with Crippen molar-refractivity contribution in [3.05, 3.63) is 41.7 Å². The number of halogens is 1. The van der Waals surface area contributed by atoms with Crippen LogP contribution in [0.4, 0.5) is 5.95 Å². The summed E-state index contributed by atoms with van der Waals surface area (Å²) in [5.41, 5.74) is 10.7. The lowest BCUT2D eigenvalue weighted by atomic mass is 10.1. The number of nitrogen functional groups attached to an aromatic ring is 1. The minimum atomic E-state index is 0. The third kappa shape index (κ3) is 2.15. The van der Waals surface area contributed by atoms with Crippen molar-refractivity contribution in [3.63, 3.8) is 0 Å². The zero-order chi connectivity index (χ0) is 12.7. The SMILES string of the molecule is Cc1nc(N)nc2c(-c3ccccc3)[nH]c(C)c12.Cl. The first-order valence-corrected chi connectivity index (χ1v) is 5.84. The first kappa shape index (κ1) is 13.4. The Hall–Kier alpha value is -2.07. The minimum absolute atomic E-state index is 0. The number of aryl methyl sites for hydroxylation is 2. The van der Waals surface area contributed by atoms with Crippen LogP contribution in [0.25, 0.3) is 22.2 Å². The number of nitrogens with two attached hydrogens (primary N) is 1. The number of nitrogens with one attached hydrogen (secondary N) is 1. The van der Waals surface area contributed by atoms with E-state index in [1.54, 1.807) is 0 Å². The predicted molar refractivity (Wildman–Crippen MR) is 80.5 cm³/mol. The van der Waals surface area contributed by atoms with Crippen LogP contribution in [-0.4, -0.2) is 15.0 Å². The molecule has 0 aliphatic rings. The van der Waals surface area contributed by atoms with Crippen LogP contribution in [0.1, 0.15) is 11.4 Å². The molecule has 0 fully saturated rings. The highest BCUT2D eigenvalue weighted by Crippen LogP contribution is 2.30. The molecule has 0 spiro atoms. The van der Waals surface area contributed by atoms with Crippen molar-refractivity contribution in [1.82, 2.24) is 15.0 Å². The van der Waals surface area contributed by atoms with E-state index in [0.717, 1.165) is 33.5 Å². The monoisotopic (exact) mass is 274 g/mol. The topological polar surface area (TPSA) is 67.6 Å². The lowest BCUT2D eigenvalue weighted by Crippen LogP contribution is -1.97. The molecule has 3 aromatic rings. The lowest BCUT2D eigenvalue weighted by Gasteiger charge is -2.01. The number of aromatic nitrogens is 3. The Morgan fingerprint density at radius 1 is 1.05 bits per heavy atom. The van der Waals surface area contributed by atoms with Crippen LogP contribution in [0.5, 0.6) is 0 Å². The van der Waals surface area contributed by atoms with Gasteiger partial charge in [0.05, 0.1) is 11.4 Å². The van der Waals surface area contributed by atoms with Crippen LogP contribution in [-0.2, 0) is 0 Å². The summed E-state index contributed by atoms with van der Waals surface area (Å²) in [5.74, 6) is 0.316. The molecule has 0 bridgehead atoms. The number of nitrogens with zero attached hydrogens (tertiary/aromatic N) is 2. The second kappa shape index (κ2) is 4.90. The summed E-state index contributed by atoms with van der Waals surface area (Å²) in [6, 6.07) is 10.1. The Bertz CT molecular complexity index is 719. The minimum Gasteiger partial charge on any atom is -0.368 e. The molecule has 2 aromatic heterocycles. The summed E-state index contributed by atoms with van der Waals surface area (Å²) in [7, 11) is 0. The van der Waals surface area contributed by atoms with E-state index < -0.39 is 0 Å². The molecular formula is C14H15ClN4. The van der Waals surface area contributed by atoms with E-state index in [2.05, 4.69) is 27.1 Å². The Kier molecular flexibility index (Phi) is 3.44. The van der Waals surface area contributed by atoms with Gasteiger partial charge in [-0.25, -0.2) is 9.97 Å². The molecule has 0 unspecified atom stereocenters. The van der Waals surface area contributed by atoms with E-state index >= 15 is 0 Å². The van der Waals surface area contributed by atoms with Gasteiger partial charge in [-0.3, -0.25) is 0 Å². The van der Waals surface area contributed by atoms with E-state index in [1.807, 2.05) is 32.0 Å². The molecule has 0 radical (unpaired) electrons. The molecule has 0 aliphatic heterocycles. The molecule has 98 valence electrons. The number of benzene rings is 1. The maximum atomic E-state index is 5.74. The molecule has 0 atom stereocenters. The van der Waals surface area contributed by atoms with Gasteiger partial charge in [-0.1, -0.05) is 30.3 Å². The summed E-state index contributed by atoms with van der Waals surface area (Å²) in [5, 5.41) is 1.06. The Morgan fingerprint density at radius 2 is 1.74 bits per heavy atom. The smallest absolute Gasteiger partial charge is 0.220 e. The van der Waals surface area contributed by atoms with Crippen molar-refractivity contribution in [3.8, 4) is 11.3 Å². The third-order valence-corrected chi connectivity index (χ3v) is 3.09. The van der Waals surface area contributed by atoms with Gasteiger partial charge in [0.1, 0.15) is 5.52 Å². The van der Waals surface area contributed by atoms with E-state index in [9.17, 15) is 0 Å². The van der Waals surface area contributed by atoms with E-state index in [-0.39, 0.29) is 12.4 Å². The number of aromatic amines is 1. The van der Waals surface area contributed by atoms with Gasteiger partial charge in [0.15, 0.2) is 0 Å². The summed E-state index contributed by atoms with van der Waals surface area (Å²) >= 11 is 0. The summed E-state index contributed by atoms with van der Waals surface area (Å²) in [6.07, 6.45) is 0. The zero-order valence-electron chi connectivity index (χ0n) is 10.8. The van der Waals surface area contributed by atoms with Gasteiger partial charge in [0, 0.05) is 16.6 Å². The van der Waals surface area contributed by atoms with Crippen molar-refractivity contribution in [2.24, 2.45) is 0 Å². The number of rotatable bonds is 1. The molecule has 0 saturated carbocycles. The second-order valence-electron chi connectivity index (χ2n) is 4.38. The van der Waals surface area contributed by atoms with E-state index in [4.69, 9.17) is 5.73 Å². The molecule has 19 heavy (non-hydrogen) atoms. The fourth-order valence-corrected chi connectivity index (χ4v) is 2.35. The molecule has 3 rings (SSSR count). The van der Waals surface area contributed by atoms with Gasteiger partial charge in [0.25, 0.3) is 0 Å². The van der Waals surface area contributed by atoms with Gasteiger partial charge in [-0.05, 0) is 13.8 Å². The normalized spacial score (nSPS) is 10.4. The van der Waals surface area contributed by atoms with Gasteiger partial charge in [-0.15, -0.1) is 12.4 Å². The van der Waals surface area contributed by atoms with Crippen LogP contribution in [0.15, 0.2) is 30.3 Å². The molecular weight excluding hydrogens is 260 g/mol. The summed E-state index contributed by atoms with van der Waals surface area (Å²) < 4.78 is 0. The second-order valence-corrected chi connectivity index (χ2v) is 4.38. The van der Waals surface area contributed by atoms with Crippen molar-refractivity contribution < 1.29 is 0 Å². The van der Waals surface area contributed by atoms with Crippen molar-refractivity contribution >= 4 is 29.3 Å². The molecule has 0 amide bonds. The Labute approximate surface area is 117 Å². The highest BCUT2D eigenvalue weighted by Gasteiger charge is 2.14. The summed E-state index contributed by atoms with van der Waals surface area (Å²) in [6.45, 7) is 3.98. The van der Waals surface area contributed by atoms with Gasteiger partial charge < -0.3 is 10.7 Å². The highest BCUT2D eigenvalue weighted by atomic mass is 35.5. The number of hydrogen-bond donors (Lipinski definition) is 2. The number of hydrogen-bond acceptors (Lipinski definition) is 3. The largest absolute Gasteiger partial charge is 0.368 e. The number of H-pyrrole nitrogens is 1. The van der Waals surface area contributed by atoms with Gasteiger partial charge in [-0.2, -0.15) is 0 Å². The Balaban J connectivity index is 0.00000133. The maximum absolute atomic E-state index is 5.74. The number of fused-ring (bicyclic) bond motifs is 1. The Morgan fingerprint density at radius 3 is 2.42 bits per heavy atom. The van der Waals surface area contributed by atoms with Crippen molar-refractivity contribution in [2.45, 2.75) is 13.8 Å². The van der Waals surface area contributed by atoms with Crippen LogP contribution in [0.3, 0.4) is 0 Å². The number of anilines is 1. The van der Waals surface area contributed by atoms with Gasteiger partial charge >= 0.3 is 0 Å². The maximum Gasteiger partial charge on any atom is 0.220 e. The van der Waals surface area contributed by atoms with Crippen molar-refractivity contribution in [1.29, 1.82) is 0 Å². The van der Waals surface area contributed by atoms with Crippen LogP contribution < -0.4 is 5.73 Å².